The molecule has 1 amide bonds. The first kappa shape index (κ1) is 21.8. The molecule has 0 radical (unpaired) electrons. The van der Waals surface area contributed by atoms with Crippen molar-refractivity contribution in [1.82, 2.24) is 25.0 Å². The number of carbonyl (C=O) groups is 1. The Morgan fingerprint density at radius 2 is 1.86 bits per heavy atom. The van der Waals surface area contributed by atoms with Gasteiger partial charge in [-0.2, -0.15) is 0 Å². The highest BCUT2D eigenvalue weighted by Crippen LogP contribution is 2.18. The highest BCUT2D eigenvalue weighted by atomic mass is 32.1. The van der Waals surface area contributed by atoms with Gasteiger partial charge in [0.25, 0.3) is 0 Å². The first-order valence-corrected chi connectivity index (χ1v) is 11.6. The smallest absolute Gasteiger partial charge is 0.236 e. The summed E-state index contributed by atoms with van der Waals surface area (Å²) < 4.78 is 0. The van der Waals surface area contributed by atoms with Crippen LogP contribution in [0.15, 0.2) is 10.4 Å². The maximum atomic E-state index is 12.5. The lowest BCUT2D eigenvalue weighted by Crippen LogP contribution is -2.54. The maximum absolute atomic E-state index is 12.5. The molecule has 2 aliphatic rings. The zero-order valence-electron chi connectivity index (χ0n) is 18.1. The topological polar surface area (TPSA) is 67.3 Å². The summed E-state index contributed by atoms with van der Waals surface area (Å²) in [6, 6.07) is 0. The van der Waals surface area contributed by atoms with Crippen LogP contribution in [0.2, 0.25) is 0 Å². The normalized spacial score (nSPS) is 18.8. The van der Waals surface area contributed by atoms with E-state index in [-0.39, 0.29) is 0 Å². The minimum atomic E-state index is 0.291. The van der Waals surface area contributed by atoms with E-state index >= 15 is 0 Å². The van der Waals surface area contributed by atoms with Gasteiger partial charge in [-0.1, -0.05) is 0 Å². The number of amides is 1. The zero-order chi connectivity index (χ0) is 20.6. The monoisotopic (exact) mass is 421 g/mol. The fourth-order valence-electron chi connectivity index (χ4n) is 3.71. The molecule has 29 heavy (non-hydrogen) atoms. The number of guanidine groups is 1. The van der Waals surface area contributed by atoms with Crippen molar-refractivity contribution < 1.29 is 4.79 Å². The summed E-state index contributed by atoms with van der Waals surface area (Å²) in [6.45, 7) is 9.50. The van der Waals surface area contributed by atoms with Gasteiger partial charge in [-0.25, -0.2) is 9.98 Å². The Hall–Kier alpha value is -1.87. The Balaban J connectivity index is 1.50. The maximum Gasteiger partial charge on any atom is 0.236 e. The third-order valence-electron chi connectivity index (χ3n) is 5.39. The van der Waals surface area contributed by atoms with Gasteiger partial charge in [0, 0.05) is 65.3 Å². The van der Waals surface area contributed by atoms with Crippen LogP contribution in [0, 0.1) is 0 Å². The molecule has 0 saturated carbocycles. The lowest BCUT2D eigenvalue weighted by Gasteiger charge is -2.37. The number of carbonyl (C=O) groups excluding carboxylic acids is 1. The molecule has 0 unspecified atom stereocenters. The molecule has 0 spiro atoms. The van der Waals surface area contributed by atoms with Gasteiger partial charge in [0.1, 0.15) is 0 Å². The van der Waals surface area contributed by atoms with Crippen molar-refractivity contribution in [2.45, 2.75) is 32.7 Å². The number of rotatable bonds is 6. The van der Waals surface area contributed by atoms with Crippen molar-refractivity contribution in [3.05, 3.63) is 11.1 Å². The highest BCUT2D eigenvalue weighted by Gasteiger charge is 2.24. The average Bonchev–Trinajstić information content (AvgIpc) is 3.22. The van der Waals surface area contributed by atoms with Crippen molar-refractivity contribution in [3.8, 4) is 0 Å². The summed E-state index contributed by atoms with van der Waals surface area (Å²) in [6.07, 6.45) is 3.56. The van der Waals surface area contributed by atoms with Crippen LogP contribution < -0.4 is 10.2 Å². The molecular formula is C20H35N7OS. The molecule has 162 valence electrons. The summed E-state index contributed by atoms with van der Waals surface area (Å²) in [5, 5.41) is 6.49. The Morgan fingerprint density at radius 3 is 2.48 bits per heavy atom. The van der Waals surface area contributed by atoms with E-state index < -0.39 is 0 Å². The van der Waals surface area contributed by atoms with Gasteiger partial charge in [0.15, 0.2) is 11.1 Å². The number of nitrogens with zero attached hydrogens (tertiary/aromatic N) is 6. The van der Waals surface area contributed by atoms with E-state index in [1.54, 1.807) is 11.3 Å². The van der Waals surface area contributed by atoms with Crippen molar-refractivity contribution in [1.29, 1.82) is 0 Å². The SMILES string of the molecule is CCNC(=NCc1csc(N(C)C)n1)N1CCN(CC(=O)N2CCCCC2)CC1. The van der Waals surface area contributed by atoms with E-state index in [1.165, 1.54) is 6.42 Å². The first-order valence-electron chi connectivity index (χ1n) is 10.7. The van der Waals surface area contributed by atoms with Crippen LogP contribution in [0.1, 0.15) is 31.9 Å². The Morgan fingerprint density at radius 1 is 1.14 bits per heavy atom. The van der Waals surface area contributed by atoms with Gasteiger partial charge in [0.2, 0.25) is 5.91 Å². The van der Waals surface area contributed by atoms with Crippen molar-refractivity contribution >= 4 is 28.3 Å². The lowest BCUT2D eigenvalue weighted by atomic mass is 10.1. The van der Waals surface area contributed by atoms with Crippen LogP contribution in [-0.4, -0.2) is 98.0 Å². The van der Waals surface area contributed by atoms with E-state index in [4.69, 9.17) is 4.99 Å². The van der Waals surface area contributed by atoms with Crippen molar-refractivity contribution in [2.75, 3.05) is 71.4 Å². The zero-order valence-corrected chi connectivity index (χ0v) is 18.9. The number of hydrogen-bond acceptors (Lipinski definition) is 6. The molecule has 0 bridgehead atoms. The fourth-order valence-corrected chi connectivity index (χ4v) is 4.46. The van der Waals surface area contributed by atoms with Gasteiger partial charge in [0.05, 0.1) is 18.8 Å². The van der Waals surface area contributed by atoms with Gasteiger partial charge in [-0.15, -0.1) is 11.3 Å². The molecule has 0 aromatic carbocycles. The molecule has 2 saturated heterocycles. The molecule has 0 atom stereocenters. The summed E-state index contributed by atoms with van der Waals surface area (Å²) in [5.41, 5.74) is 1.000. The van der Waals surface area contributed by atoms with E-state index in [0.29, 0.717) is 19.0 Å². The van der Waals surface area contributed by atoms with E-state index in [0.717, 1.165) is 75.4 Å². The summed E-state index contributed by atoms with van der Waals surface area (Å²) in [4.78, 5) is 30.6. The van der Waals surface area contributed by atoms with Crippen LogP contribution in [0.3, 0.4) is 0 Å². The number of aromatic nitrogens is 1. The lowest BCUT2D eigenvalue weighted by molar-refractivity contribution is -0.133. The van der Waals surface area contributed by atoms with Crippen LogP contribution in [0.4, 0.5) is 5.13 Å². The molecule has 8 nitrogen and oxygen atoms in total. The van der Waals surface area contributed by atoms with Crippen molar-refractivity contribution in [3.63, 3.8) is 0 Å². The molecule has 3 heterocycles. The summed E-state index contributed by atoms with van der Waals surface area (Å²) in [7, 11) is 4.01. The standard InChI is InChI=1S/C20H35N7OS/c1-4-21-19(22-14-17-16-29-20(23-17)24(2)3)27-12-10-25(11-13-27)15-18(28)26-8-6-5-7-9-26/h16H,4-15H2,1-3H3,(H,21,22). The molecule has 2 fully saturated rings. The van der Waals surface area contributed by atoms with E-state index in [2.05, 4.69) is 32.4 Å². The predicted molar refractivity (Wildman–Crippen MR) is 120 cm³/mol. The Labute approximate surface area is 178 Å². The number of likely N-dealkylation sites (tertiary alicyclic amines) is 1. The molecule has 1 aromatic heterocycles. The van der Waals surface area contributed by atoms with Crippen LogP contribution >= 0.6 is 11.3 Å². The summed E-state index contributed by atoms with van der Waals surface area (Å²) in [5.74, 6) is 1.23. The van der Waals surface area contributed by atoms with Gasteiger partial charge >= 0.3 is 0 Å². The van der Waals surface area contributed by atoms with Gasteiger partial charge in [-0.3, -0.25) is 9.69 Å². The highest BCUT2D eigenvalue weighted by molar-refractivity contribution is 7.13. The number of aliphatic imine (C=N–C) groups is 1. The molecule has 9 heteroatoms. The summed E-state index contributed by atoms with van der Waals surface area (Å²) >= 11 is 1.64. The van der Waals surface area contributed by atoms with Gasteiger partial charge in [-0.05, 0) is 26.2 Å². The first-order chi connectivity index (χ1) is 14.1. The molecule has 1 aromatic rings. The number of thiazole rings is 1. The number of piperazine rings is 1. The second kappa shape index (κ2) is 10.8. The third-order valence-corrected chi connectivity index (χ3v) is 6.44. The van der Waals surface area contributed by atoms with Gasteiger partial charge < -0.3 is 20.0 Å². The fraction of sp³-hybridized carbons (Fsp3) is 0.750. The minimum absolute atomic E-state index is 0.291. The Kier molecular flexibility index (Phi) is 8.11. The molecular weight excluding hydrogens is 386 g/mol. The number of anilines is 1. The minimum Gasteiger partial charge on any atom is -0.357 e. The average molecular weight is 422 g/mol. The second-order valence-electron chi connectivity index (χ2n) is 7.89. The van der Waals surface area contributed by atoms with Crippen LogP contribution in [0.25, 0.3) is 0 Å². The Bertz CT molecular complexity index is 676. The quantitative estimate of drug-likeness (QED) is 0.552. The van der Waals surface area contributed by atoms with Crippen LogP contribution in [0.5, 0.6) is 0 Å². The van der Waals surface area contributed by atoms with Crippen molar-refractivity contribution in [2.24, 2.45) is 4.99 Å². The number of piperidine rings is 1. The largest absolute Gasteiger partial charge is 0.357 e. The molecule has 1 N–H and O–H groups in total. The number of nitrogens with one attached hydrogen (secondary N) is 1. The number of hydrogen-bond donors (Lipinski definition) is 1. The van der Waals surface area contributed by atoms with E-state index in [9.17, 15) is 4.79 Å². The van der Waals surface area contributed by atoms with E-state index in [1.807, 2.05) is 23.9 Å². The second-order valence-corrected chi connectivity index (χ2v) is 8.73. The third kappa shape index (κ3) is 6.30. The van der Waals surface area contributed by atoms with Crippen LogP contribution in [-0.2, 0) is 11.3 Å². The molecule has 0 aliphatic carbocycles. The molecule has 3 rings (SSSR count). The predicted octanol–water partition coefficient (Wildman–Crippen LogP) is 1.30. The molecule has 2 aliphatic heterocycles.